The summed E-state index contributed by atoms with van der Waals surface area (Å²) in [5.41, 5.74) is 0.0610. The number of hydrogen-bond donors (Lipinski definition) is 1. The molecule has 0 spiro atoms. The van der Waals surface area contributed by atoms with E-state index in [1.165, 1.54) is 19.2 Å². The fourth-order valence-electron chi connectivity index (χ4n) is 1.56. The fraction of sp³-hybridized carbons (Fsp3) is 0.286. The Kier molecular flexibility index (Phi) is 5.62. The highest BCUT2D eigenvalue weighted by Gasteiger charge is 2.21. The molecule has 1 N–H and O–H groups in total. The number of nitrogens with one attached hydrogen (secondary N) is 1. The van der Waals surface area contributed by atoms with E-state index in [9.17, 15) is 19.2 Å². The minimum Gasteiger partial charge on any atom is -0.423 e. The SMILES string of the molecule is CNC(=O)c1cc(OC(C)=O)c(OC(C)=O)c(OC(C)=O)c1. The standard InChI is InChI=1S/C14H15NO7/c1-7(16)20-11-5-10(14(19)15-4)6-12(21-8(2)17)13(11)22-9(3)18/h5-6H,1-4H3,(H,15,19). The predicted molar refractivity (Wildman–Crippen MR) is 73.8 cm³/mol. The molecule has 0 aliphatic carbocycles. The lowest BCUT2D eigenvalue weighted by Crippen LogP contribution is -2.19. The molecular formula is C14H15NO7. The Morgan fingerprint density at radius 3 is 1.55 bits per heavy atom. The number of carbonyl (C=O) groups is 4. The summed E-state index contributed by atoms with van der Waals surface area (Å²) in [7, 11) is 1.40. The number of esters is 3. The quantitative estimate of drug-likeness (QED) is 0.648. The minimum absolute atomic E-state index is 0.0610. The number of rotatable bonds is 4. The van der Waals surface area contributed by atoms with E-state index in [-0.39, 0.29) is 22.8 Å². The minimum atomic E-state index is -0.713. The number of amides is 1. The van der Waals surface area contributed by atoms with Crippen LogP contribution in [0.4, 0.5) is 0 Å². The Bertz CT molecular complexity index is 599. The summed E-state index contributed by atoms with van der Waals surface area (Å²) in [6.45, 7) is 3.40. The van der Waals surface area contributed by atoms with Crippen LogP contribution in [0.25, 0.3) is 0 Å². The van der Waals surface area contributed by atoms with Crippen LogP contribution < -0.4 is 19.5 Å². The summed E-state index contributed by atoms with van der Waals surface area (Å²) in [4.78, 5) is 45.2. The van der Waals surface area contributed by atoms with Crippen molar-refractivity contribution >= 4 is 23.8 Å². The van der Waals surface area contributed by atoms with Crippen molar-refractivity contribution < 1.29 is 33.4 Å². The van der Waals surface area contributed by atoms with Crippen LogP contribution in [0, 0.1) is 0 Å². The molecule has 1 aromatic carbocycles. The van der Waals surface area contributed by atoms with E-state index in [4.69, 9.17) is 14.2 Å². The van der Waals surface area contributed by atoms with Crippen molar-refractivity contribution in [2.24, 2.45) is 0 Å². The first-order valence-electron chi connectivity index (χ1n) is 6.20. The summed E-state index contributed by atoms with van der Waals surface area (Å²) in [6, 6.07) is 2.40. The molecule has 8 nitrogen and oxygen atoms in total. The Hall–Kier alpha value is -2.90. The van der Waals surface area contributed by atoms with Crippen LogP contribution in [0.5, 0.6) is 17.2 Å². The second-order valence-corrected chi connectivity index (χ2v) is 4.16. The van der Waals surface area contributed by atoms with Gasteiger partial charge in [0.25, 0.3) is 5.91 Å². The first-order valence-corrected chi connectivity index (χ1v) is 6.20. The smallest absolute Gasteiger partial charge is 0.308 e. The molecule has 0 saturated heterocycles. The van der Waals surface area contributed by atoms with Gasteiger partial charge in [0.05, 0.1) is 0 Å². The summed E-state index contributed by atoms with van der Waals surface area (Å²) in [6.07, 6.45) is 0. The Balaban J connectivity index is 3.51. The van der Waals surface area contributed by atoms with Gasteiger partial charge in [-0.15, -0.1) is 0 Å². The van der Waals surface area contributed by atoms with Crippen molar-refractivity contribution in [2.45, 2.75) is 20.8 Å². The van der Waals surface area contributed by atoms with Crippen LogP contribution in [-0.2, 0) is 14.4 Å². The van der Waals surface area contributed by atoms with Gasteiger partial charge in [-0.05, 0) is 12.1 Å². The maximum atomic E-state index is 11.7. The van der Waals surface area contributed by atoms with Gasteiger partial charge in [0.1, 0.15) is 0 Å². The van der Waals surface area contributed by atoms with Crippen molar-refractivity contribution in [2.75, 3.05) is 7.05 Å². The largest absolute Gasteiger partial charge is 0.423 e. The molecule has 1 rings (SSSR count). The van der Waals surface area contributed by atoms with Crippen molar-refractivity contribution in [3.05, 3.63) is 17.7 Å². The van der Waals surface area contributed by atoms with E-state index in [2.05, 4.69) is 5.32 Å². The molecule has 0 radical (unpaired) electrons. The lowest BCUT2D eigenvalue weighted by Gasteiger charge is -2.14. The Labute approximate surface area is 126 Å². The maximum Gasteiger partial charge on any atom is 0.308 e. The van der Waals surface area contributed by atoms with Gasteiger partial charge in [-0.25, -0.2) is 0 Å². The van der Waals surface area contributed by atoms with Gasteiger partial charge in [0.15, 0.2) is 11.5 Å². The first kappa shape index (κ1) is 17.2. The number of hydrogen-bond acceptors (Lipinski definition) is 7. The average molecular weight is 309 g/mol. The van der Waals surface area contributed by atoms with E-state index in [1.54, 1.807) is 0 Å². The van der Waals surface area contributed by atoms with Gasteiger partial charge < -0.3 is 19.5 Å². The average Bonchev–Trinajstić information content (AvgIpc) is 2.39. The van der Waals surface area contributed by atoms with E-state index < -0.39 is 23.8 Å². The molecule has 0 aliphatic rings. The van der Waals surface area contributed by atoms with Crippen LogP contribution in [0.15, 0.2) is 12.1 Å². The van der Waals surface area contributed by atoms with Crippen LogP contribution in [0.1, 0.15) is 31.1 Å². The molecule has 0 bridgehead atoms. The lowest BCUT2D eigenvalue weighted by atomic mass is 10.1. The molecule has 118 valence electrons. The highest BCUT2D eigenvalue weighted by atomic mass is 16.6. The molecule has 0 unspecified atom stereocenters. The van der Waals surface area contributed by atoms with E-state index in [0.29, 0.717) is 0 Å². The number of carbonyl (C=O) groups excluding carboxylic acids is 4. The zero-order valence-corrected chi connectivity index (χ0v) is 12.5. The highest BCUT2D eigenvalue weighted by molar-refractivity contribution is 5.96. The van der Waals surface area contributed by atoms with E-state index in [0.717, 1.165) is 20.8 Å². The van der Waals surface area contributed by atoms with Crippen LogP contribution in [0.2, 0.25) is 0 Å². The third-order valence-electron chi connectivity index (χ3n) is 2.26. The second kappa shape index (κ2) is 7.21. The summed E-state index contributed by atoms with van der Waals surface area (Å²) in [5.74, 6) is -3.29. The number of ether oxygens (including phenoxy) is 3. The Morgan fingerprint density at radius 2 is 1.23 bits per heavy atom. The predicted octanol–water partition coefficient (Wildman–Crippen LogP) is 0.822. The van der Waals surface area contributed by atoms with Gasteiger partial charge in [0.2, 0.25) is 5.75 Å². The Morgan fingerprint density at radius 1 is 0.818 bits per heavy atom. The lowest BCUT2D eigenvalue weighted by molar-refractivity contribution is -0.135. The molecule has 0 aromatic heterocycles. The highest BCUT2D eigenvalue weighted by Crippen LogP contribution is 2.39. The molecule has 22 heavy (non-hydrogen) atoms. The van der Waals surface area contributed by atoms with Crippen molar-refractivity contribution in [3.63, 3.8) is 0 Å². The fourth-order valence-corrected chi connectivity index (χ4v) is 1.56. The molecule has 1 aromatic rings. The maximum absolute atomic E-state index is 11.7. The van der Waals surface area contributed by atoms with Crippen molar-refractivity contribution in [3.8, 4) is 17.2 Å². The van der Waals surface area contributed by atoms with Gasteiger partial charge in [-0.3, -0.25) is 19.2 Å². The van der Waals surface area contributed by atoms with Gasteiger partial charge in [-0.2, -0.15) is 0 Å². The topological polar surface area (TPSA) is 108 Å². The zero-order chi connectivity index (χ0) is 16.9. The molecule has 8 heteroatoms. The van der Waals surface area contributed by atoms with Crippen molar-refractivity contribution in [1.82, 2.24) is 5.32 Å². The third-order valence-corrected chi connectivity index (χ3v) is 2.26. The molecule has 0 saturated carbocycles. The normalized spacial score (nSPS) is 9.64. The summed E-state index contributed by atoms with van der Waals surface area (Å²) in [5, 5.41) is 2.37. The van der Waals surface area contributed by atoms with Crippen LogP contribution in [-0.4, -0.2) is 30.9 Å². The van der Waals surface area contributed by atoms with Crippen LogP contribution >= 0.6 is 0 Å². The molecule has 0 heterocycles. The van der Waals surface area contributed by atoms with Gasteiger partial charge in [0, 0.05) is 33.4 Å². The summed E-state index contributed by atoms with van der Waals surface area (Å²) >= 11 is 0. The van der Waals surface area contributed by atoms with Crippen LogP contribution in [0.3, 0.4) is 0 Å². The number of benzene rings is 1. The van der Waals surface area contributed by atoms with Gasteiger partial charge >= 0.3 is 17.9 Å². The molecule has 0 aliphatic heterocycles. The first-order chi connectivity index (χ1) is 10.2. The van der Waals surface area contributed by atoms with E-state index >= 15 is 0 Å². The summed E-state index contributed by atoms with van der Waals surface area (Å²) < 4.78 is 14.8. The monoisotopic (exact) mass is 309 g/mol. The molecule has 1 amide bonds. The van der Waals surface area contributed by atoms with Gasteiger partial charge in [-0.1, -0.05) is 0 Å². The molecular weight excluding hydrogens is 294 g/mol. The van der Waals surface area contributed by atoms with Crippen molar-refractivity contribution in [1.29, 1.82) is 0 Å². The second-order valence-electron chi connectivity index (χ2n) is 4.16. The third kappa shape index (κ3) is 4.58. The molecule has 0 fully saturated rings. The molecule has 0 atom stereocenters. The zero-order valence-electron chi connectivity index (χ0n) is 12.5. The van der Waals surface area contributed by atoms with E-state index in [1.807, 2.05) is 0 Å².